The predicted molar refractivity (Wildman–Crippen MR) is 288 cm³/mol. The van der Waals surface area contributed by atoms with E-state index < -0.39 is 6.10 Å². The van der Waals surface area contributed by atoms with Crippen molar-refractivity contribution in [2.24, 2.45) is 0 Å². The van der Waals surface area contributed by atoms with Crippen LogP contribution in [0.1, 0.15) is 252 Å². The Morgan fingerprint density at radius 2 is 0.712 bits per heavy atom. The lowest BCUT2D eigenvalue weighted by atomic mass is 10.1. The van der Waals surface area contributed by atoms with Crippen LogP contribution in [-0.4, -0.2) is 37.9 Å². The van der Waals surface area contributed by atoms with Gasteiger partial charge in [-0.25, -0.2) is 0 Å². The Bertz CT molecular complexity index is 1270. The molecule has 5 nitrogen and oxygen atoms in total. The molecule has 0 rings (SSSR count). The van der Waals surface area contributed by atoms with E-state index >= 15 is 0 Å². The minimum absolute atomic E-state index is 0.0666. The molecule has 5 heteroatoms. The third-order valence-electron chi connectivity index (χ3n) is 11.6. The maximum absolute atomic E-state index is 12.8. The average molecular weight is 917 g/mol. The summed E-state index contributed by atoms with van der Waals surface area (Å²) in [5.74, 6) is -0.429. The summed E-state index contributed by atoms with van der Waals surface area (Å²) in [6, 6.07) is 0. The summed E-state index contributed by atoms with van der Waals surface area (Å²) >= 11 is 0. The van der Waals surface area contributed by atoms with Crippen LogP contribution in [0.5, 0.6) is 0 Å². The summed E-state index contributed by atoms with van der Waals surface area (Å²) in [6.07, 6.45) is 75.6. The van der Waals surface area contributed by atoms with Crippen LogP contribution in [-0.2, 0) is 23.8 Å². The predicted octanol–water partition coefficient (Wildman–Crippen LogP) is 19.0. The van der Waals surface area contributed by atoms with Gasteiger partial charge in [0.1, 0.15) is 6.61 Å². The fourth-order valence-electron chi connectivity index (χ4n) is 7.45. The van der Waals surface area contributed by atoms with Crippen molar-refractivity contribution in [2.45, 2.75) is 258 Å². The van der Waals surface area contributed by atoms with Crippen molar-refractivity contribution in [1.29, 1.82) is 0 Å². The highest BCUT2D eigenvalue weighted by Crippen LogP contribution is 2.14. The van der Waals surface area contributed by atoms with E-state index in [1.165, 1.54) is 116 Å². The minimum atomic E-state index is -0.558. The standard InChI is InChI=1S/C61H104O5/c1-4-7-10-13-16-19-22-25-27-29-30-31-33-35-38-41-44-47-50-53-56-64-57-59(66-61(63)55-52-49-46-43-40-36-24-21-18-15-12-9-6-3)58-65-60(62)54-51-48-45-42-39-37-34-32-28-26-23-20-17-14-11-8-5-2/h7,10,12,15-17,19-21,24-28,30-31,59H,4-6,8-9,11,13-14,18,22-23,29,32-58H2,1-3H3/b10-7-,15-12-,19-16-,20-17-,24-21-,27-25-,28-26-,31-30-. The molecule has 66 heavy (non-hydrogen) atoms. The molecule has 0 saturated heterocycles. The number of rotatable bonds is 50. The zero-order chi connectivity index (χ0) is 47.7. The van der Waals surface area contributed by atoms with Crippen molar-refractivity contribution < 1.29 is 23.8 Å². The van der Waals surface area contributed by atoms with Gasteiger partial charge in [-0.3, -0.25) is 9.59 Å². The van der Waals surface area contributed by atoms with Gasteiger partial charge in [0, 0.05) is 19.4 Å². The van der Waals surface area contributed by atoms with E-state index in [-0.39, 0.29) is 25.2 Å². The first kappa shape index (κ1) is 62.8. The van der Waals surface area contributed by atoms with Crippen molar-refractivity contribution >= 4 is 11.9 Å². The number of hydrogen-bond donors (Lipinski definition) is 0. The van der Waals surface area contributed by atoms with Gasteiger partial charge in [0.2, 0.25) is 0 Å². The van der Waals surface area contributed by atoms with Gasteiger partial charge < -0.3 is 14.2 Å². The monoisotopic (exact) mass is 917 g/mol. The van der Waals surface area contributed by atoms with Crippen LogP contribution >= 0.6 is 0 Å². The Morgan fingerprint density at radius 3 is 1.15 bits per heavy atom. The summed E-state index contributed by atoms with van der Waals surface area (Å²) in [6.45, 7) is 7.59. The zero-order valence-electron chi connectivity index (χ0n) is 43.4. The fraction of sp³-hybridized carbons (Fsp3) is 0.705. The van der Waals surface area contributed by atoms with Crippen molar-refractivity contribution in [3.63, 3.8) is 0 Å². The molecule has 0 aliphatic carbocycles. The second kappa shape index (κ2) is 56.1. The lowest BCUT2D eigenvalue weighted by Crippen LogP contribution is -2.30. The summed E-state index contributed by atoms with van der Waals surface area (Å²) < 4.78 is 17.4. The van der Waals surface area contributed by atoms with Gasteiger partial charge in [0.25, 0.3) is 0 Å². The molecule has 378 valence electrons. The maximum atomic E-state index is 12.8. The molecule has 0 fully saturated rings. The number of unbranched alkanes of at least 4 members (excludes halogenated alkanes) is 23. The molecule has 1 atom stereocenters. The van der Waals surface area contributed by atoms with Crippen molar-refractivity contribution in [3.05, 3.63) is 97.2 Å². The van der Waals surface area contributed by atoms with Crippen LogP contribution < -0.4 is 0 Å². The molecule has 1 unspecified atom stereocenters. The van der Waals surface area contributed by atoms with Crippen LogP contribution in [0.2, 0.25) is 0 Å². The van der Waals surface area contributed by atoms with E-state index in [1.54, 1.807) is 0 Å². The van der Waals surface area contributed by atoms with Crippen molar-refractivity contribution in [2.75, 3.05) is 19.8 Å². The second-order valence-corrected chi connectivity index (χ2v) is 18.1. The molecule has 0 aromatic heterocycles. The van der Waals surface area contributed by atoms with E-state index in [2.05, 4.69) is 118 Å². The number of hydrogen-bond acceptors (Lipinski definition) is 5. The first-order valence-electron chi connectivity index (χ1n) is 27.8. The summed E-state index contributed by atoms with van der Waals surface area (Å²) in [7, 11) is 0. The molecule has 0 aliphatic rings. The molecular weight excluding hydrogens is 813 g/mol. The number of allylic oxidation sites excluding steroid dienone is 16. The van der Waals surface area contributed by atoms with Gasteiger partial charge in [0.05, 0.1) is 6.61 Å². The summed E-state index contributed by atoms with van der Waals surface area (Å²) in [5.41, 5.74) is 0. The van der Waals surface area contributed by atoms with E-state index in [0.29, 0.717) is 19.4 Å². The van der Waals surface area contributed by atoms with E-state index in [4.69, 9.17) is 14.2 Å². The van der Waals surface area contributed by atoms with Gasteiger partial charge in [-0.2, -0.15) is 0 Å². The van der Waals surface area contributed by atoms with Crippen LogP contribution in [0.3, 0.4) is 0 Å². The normalized spacial score (nSPS) is 13.0. The quantitative estimate of drug-likeness (QED) is 0.0346. The molecule has 0 amide bonds. The fourth-order valence-corrected chi connectivity index (χ4v) is 7.45. The van der Waals surface area contributed by atoms with Crippen LogP contribution in [0.25, 0.3) is 0 Å². The van der Waals surface area contributed by atoms with Gasteiger partial charge in [-0.15, -0.1) is 0 Å². The third-order valence-corrected chi connectivity index (χ3v) is 11.6. The highest BCUT2D eigenvalue weighted by Gasteiger charge is 2.17. The number of esters is 2. The van der Waals surface area contributed by atoms with E-state index in [1.807, 2.05) is 0 Å². The summed E-state index contributed by atoms with van der Waals surface area (Å²) in [4.78, 5) is 25.5. The maximum Gasteiger partial charge on any atom is 0.306 e. The Labute approximate surface area is 409 Å². The van der Waals surface area contributed by atoms with E-state index in [9.17, 15) is 9.59 Å². The molecule has 0 saturated carbocycles. The Kier molecular flexibility index (Phi) is 53.4. The van der Waals surface area contributed by atoms with Crippen LogP contribution in [0.15, 0.2) is 97.2 Å². The topological polar surface area (TPSA) is 61.8 Å². The average Bonchev–Trinajstić information content (AvgIpc) is 3.32. The second-order valence-electron chi connectivity index (χ2n) is 18.1. The minimum Gasteiger partial charge on any atom is -0.462 e. The molecule has 0 N–H and O–H groups in total. The highest BCUT2D eigenvalue weighted by molar-refractivity contribution is 5.70. The molecule has 0 aromatic rings. The van der Waals surface area contributed by atoms with Gasteiger partial charge in [0.15, 0.2) is 6.10 Å². The molecule has 0 radical (unpaired) electrons. The lowest BCUT2D eigenvalue weighted by Gasteiger charge is -2.18. The Hall–Kier alpha value is -3.18. The number of ether oxygens (including phenoxy) is 3. The van der Waals surface area contributed by atoms with Crippen LogP contribution in [0, 0.1) is 0 Å². The molecule has 0 heterocycles. The molecule has 0 aliphatic heterocycles. The third kappa shape index (κ3) is 53.4. The SMILES string of the molecule is CC/C=C\C/C=C\C/C=C\C/C=C\CCCCCCCCCOCC(COC(=O)CCCCCCCCC/C=C\C/C=C\CCCCC)OC(=O)CCCCCCC/C=C\C/C=C\CCC. The van der Waals surface area contributed by atoms with Gasteiger partial charge in [-0.05, 0) is 116 Å². The highest BCUT2D eigenvalue weighted by atomic mass is 16.6. The molecule has 0 aromatic carbocycles. The smallest absolute Gasteiger partial charge is 0.306 e. The lowest BCUT2D eigenvalue weighted by molar-refractivity contribution is -0.163. The molecule has 0 spiro atoms. The van der Waals surface area contributed by atoms with Crippen molar-refractivity contribution in [3.8, 4) is 0 Å². The zero-order valence-corrected chi connectivity index (χ0v) is 43.4. The van der Waals surface area contributed by atoms with E-state index in [0.717, 1.165) is 103 Å². The summed E-state index contributed by atoms with van der Waals surface area (Å²) in [5, 5.41) is 0. The Morgan fingerprint density at radius 1 is 0.348 bits per heavy atom. The van der Waals surface area contributed by atoms with Crippen molar-refractivity contribution in [1.82, 2.24) is 0 Å². The van der Waals surface area contributed by atoms with Gasteiger partial charge in [-0.1, -0.05) is 221 Å². The molecule has 0 bridgehead atoms. The first-order valence-corrected chi connectivity index (χ1v) is 27.8. The number of carbonyl (C=O) groups is 2. The van der Waals surface area contributed by atoms with Crippen LogP contribution in [0.4, 0.5) is 0 Å². The number of carbonyl (C=O) groups excluding carboxylic acids is 2. The van der Waals surface area contributed by atoms with Gasteiger partial charge >= 0.3 is 11.9 Å². The Balaban J connectivity index is 4.31. The largest absolute Gasteiger partial charge is 0.462 e. The molecular formula is C61H104O5. The first-order chi connectivity index (χ1) is 32.6.